The van der Waals surface area contributed by atoms with Gasteiger partial charge in [-0.3, -0.25) is 9.78 Å². The lowest BCUT2D eigenvalue weighted by Crippen LogP contribution is -2.44. The topological polar surface area (TPSA) is 42.4 Å². The fourth-order valence-corrected chi connectivity index (χ4v) is 3.74. The van der Waals surface area contributed by atoms with Crippen LogP contribution in [0.5, 0.6) is 0 Å². The van der Waals surface area contributed by atoms with Gasteiger partial charge < -0.3 is 9.64 Å². The average Bonchev–Trinajstić information content (AvgIpc) is 2.79. The number of pyridine rings is 1. The Balaban J connectivity index is 1.57. The third-order valence-electron chi connectivity index (χ3n) is 5.28. The van der Waals surface area contributed by atoms with Gasteiger partial charge in [0.2, 0.25) is 5.91 Å². The molecule has 1 aromatic heterocycles. The van der Waals surface area contributed by atoms with Crippen molar-refractivity contribution in [2.75, 3.05) is 19.7 Å². The van der Waals surface area contributed by atoms with Crippen molar-refractivity contribution in [3.8, 4) is 0 Å². The van der Waals surface area contributed by atoms with Gasteiger partial charge in [-0.25, -0.2) is 4.39 Å². The van der Waals surface area contributed by atoms with E-state index in [9.17, 15) is 9.18 Å². The van der Waals surface area contributed by atoms with E-state index in [0.29, 0.717) is 26.1 Å². The van der Waals surface area contributed by atoms with Crippen LogP contribution in [-0.2, 0) is 16.0 Å². The highest BCUT2D eigenvalue weighted by molar-refractivity contribution is 5.84. The average molecular weight is 390 g/mol. The Labute approximate surface area is 170 Å². The largest absolute Gasteiger partial charge is 0.370 e. The second kappa shape index (κ2) is 8.97. The number of benzene rings is 2. The normalized spacial score (nSPS) is 17.7. The van der Waals surface area contributed by atoms with Crippen LogP contribution in [0.2, 0.25) is 0 Å². The van der Waals surface area contributed by atoms with E-state index in [1.165, 1.54) is 12.1 Å². The van der Waals surface area contributed by atoms with Gasteiger partial charge in [-0.05, 0) is 41.3 Å². The van der Waals surface area contributed by atoms with Crippen molar-refractivity contribution < 1.29 is 13.9 Å². The summed E-state index contributed by atoms with van der Waals surface area (Å²) in [5.41, 5.74) is 2.85. The van der Waals surface area contributed by atoms with Gasteiger partial charge in [-0.15, -0.1) is 0 Å². The summed E-state index contributed by atoms with van der Waals surface area (Å²) in [5.74, 6) is -0.671. The Morgan fingerprint density at radius 3 is 2.62 bits per heavy atom. The molecule has 0 saturated carbocycles. The van der Waals surface area contributed by atoms with Gasteiger partial charge in [0.25, 0.3) is 0 Å². The first-order valence-electron chi connectivity index (χ1n) is 9.80. The maximum absolute atomic E-state index is 13.5. The first kappa shape index (κ1) is 19.3. The summed E-state index contributed by atoms with van der Waals surface area (Å²) in [5, 5.41) is 0. The Bertz CT molecular complexity index is 932. The Hall–Kier alpha value is -3.05. The summed E-state index contributed by atoms with van der Waals surface area (Å²) >= 11 is 0. The lowest BCUT2D eigenvalue weighted by molar-refractivity contribution is -0.140. The molecule has 0 radical (unpaired) electrons. The SMILES string of the molecule is O=C(C(Cc1cccnc1)c1ccc(F)cc1)N1CCOC(c2ccccc2)C1. The van der Waals surface area contributed by atoms with Crippen molar-refractivity contribution in [1.82, 2.24) is 9.88 Å². The molecule has 1 amide bonds. The molecule has 2 heterocycles. The van der Waals surface area contributed by atoms with E-state index in [1.807, 2.05) is 47.4 Å². The van der Waals surface area contributed by atoms with E-state index >= 15 is 0 Å². The predicted molar refractivity (Wildman–Crippen MR) is 109 cm³/mol. The molecule has 5 heteroatoms. The molecule has 0 bridgehead atoms. The van der Waals surface area contributed by atoms with Gasteiger partial charge in [0.15, 0.2) is 0 Å². The van der Waals surface area contributed by atoms with E-state index in [4.69, 9.17) is 4.74 Å². The first-order valence-corrected chi connectivity index (χ1v) is 9.80. The van der Waals surface area contributed by atoms with Gasteiger partial charge in [-0.2, -0.15) is 0 Å². The Morgan fingerprint density at radius 2 is 1.90 bits per heavy atom. The molecular weight excluding hydrogens is 367 g/mol. The van der Waals surface area contributed by atoms with Crippen LogP contribution in [0.25, 0.3) is 0 Å². The Morgan fingerprint density at radius 1 is 1.10 bits per heavy atom. The summed E-state index contributed by atoms with van der Waals surface area (Å²) in [6, 6.07) is 20.0. The van der Waals surface area contributed by atoms with E-state index in [1.54, 1.807) is 24.5 Å². The number of morpholine rings is 1. The molecule has 0 aliphatic carbocycles. The molecule has 3 aromatic rings. The van der Waals surface area contributed by atoms with Gasteiger partial charge in [0.1, 0.15) is 11.9 Å². The number of carbonyl (C=O) groups is 1. The van der Waals surface area contributed by atoms with Crippen LogP contribution < -0.4 is 0 Å². The zero-order chi connectivity index (χ0) is 20.1. The van der Waals surface area contributed by atoms with Crippen LogP contribution in [0.4, 0.5) is 4.39 Å². The lowest BCUT2D eigenvalue weighted by Gasteiger charge is -2.35. The molecule has 0 N–H and O–H groups in total. The van der Waals surface area contributed by atoms with Crippen molar-refractivity contribution in [1.29, 1.82) is 0 Å². The summed E-state index contributed by atoms with van der Waals surface area (Å²) in [4.78, 5) is 19.6. The molecule has 4 nitrogen and oxygen atoms in total. The van der Waals surface area contributed by atoms with Crippen LogP contribution >= 0.6 is 0 Å². The molecule has 1 aliphatic heterocycles. The van der Waals surface area contributed by atoms with Crippen LogP contribution in [0.3, 0.4) is 0 Å². The quantitative estimate of drug-likeness (QED) is 0.657. The highest BCUT2D eigenvalue weighted by Crippen LogP contribution is 2.28. The van der Waals surface area contributed by atoms with Crippen molar-refractivity contribution in [3.63, 3.8) is 0 Å². The molecule has 2 atom stereocenters. The smallest absolute Gasteiger partial charge is 0.230 e. The van der Waals surface area contributed by atoms with Gasteiger partial charge in [-0.1, -0.05) is 48.5 Å². The minimum Gasteiger partial charge on any atom is -0.370 e. The predicted octanol–water partition coefficient (Wildman–Crippen LogP) is 4.15. The molecule has 1 saturated heterocycles. The second-order valence-corrected chi connectivity index (χ2v) is 7.22. The third kappa shape index (κ3) is 4.69. The fraction of sp³-hybridized carbons (Fsp3) is 0.250. The van der Waals surface area contributed by atoms with Crippen molar-refractivity contribution in [2.45, 2.75) is 18.4 Å². The second-order valence-electron chi connectivity index (χ2n) is 7.22. The molecule has 29 heavy (non-hydrogen) atoms. The first-order chi connectivity index (χ1) is 14.2. The molecular formula is C24H23FN2O2. The molecule has 4 rings (SSSR count). The standard InChI is InChI=1S/C24H23FN2O2/c25-21-10-8-19(9-11-21)22(15-18-5-4-12-26-16-18)24(28)27-13-14-29-23(17-27)20-6-2-1-3-7-20/h1-12,16,22-23H,13-15,17H2. The Kier molecular flexibility index (Phi) is 5.96. The molecule has 2 unspecified atom stereocenters. The number of ether oxygens (including phenoxy) is 1. The maximum Gasteiger partial charge on any atom is 0.230 e. The van der Waals surface area contributed by atoms with Crippen LogP contribution in [0, 0.1) is 5.82 Å². The van der Waals surface area contributed by atoms with Gasteiger partial charge in [0, 0.05) is 18.9 Å². The highest BCUT2D eigenvalue weighted by Gasteiger charge is 2.31. The van der Waals surface area contributed by atoms with Gasteiger partial charge in [0.05, 0.1) is 19.1 Å². The van der Waals surface area contributed by atoms with Crippen molar-refractivity contribution in [3.05, 3.63) is 102 Å². The minimum absolute atomic E-state index is 0.0321. The molecule has 148 valence electrons. The molecule has 1 fully saturated rings. The van der Waals surface area contributed by atoms with Crippen molar-refractivity contribution >= 4 is 5.91 Å². The van der Waals surface area contributed by atoms with Gasteiger partial charge >= 0.3 is 0 Å². The van der Waals surface area contributed by atoms with Crippen molar-refractivity contribution in [2.24, 2.45) is 0 Å². The summed E-state index contributed by atoms with van der Waals surface area (Å²) in [7, 11) is 0. The summed E-state index contributed by atoms with van der Waals surface area (Å²) < 4.78 is 19.4. The maximum atomic E-state index is 13.5. The molecule has 0 spiro atoms. The number of halogens is 1. The summed E-state index contributed by atoms with van der Waals surface area (Å²) in [6.07, 6.45) is 3.87. The van der Waals surface area contributed by atoms with Crippen LogP contribution in [0.15, 0.2) is 79.1 Å². The van der Waals surface area contributed by atoms with Crippen LogP contribution in [-0.4, -0.2) is 35.5 Å². The number of rotatable bonds is 5. The number of nitrogens with zero attached hydrogens (tertiary/aromatic N) is 2. The number of carbonyl (C=O) groups excluding carboxylic acids is 1. The van der Waals surface area contributed by atoms with E-state index in [0.717, 1.165) is 16.7 Å². The number of hydrogen-bond acceptors (Lipinski definition) is 3. The molecule has 1 aliphatic rings. The zero-order valence-electron chi connectivity index (χ0n) is 16.1. The molecule has 2 aromatic carbocycles. The van der Waals surface area contributed by atoms with Crippen LogP contribution in [0.1, 0.15) is 28.7 Å². The van der Waals surface area contributed by atoms with E-state index in [2.05, 4.69) is 4.98 Å². The van der Waals surface area contributed by atoms with E-state index in [-0.39, 0.29) is 17.8 Å². The number of aromatic nitrogens is 1. The minimum atomic E-state index is -0.394. The summed E-state index contributed by atoms with van der Waals surface area (Å²) in [6.45, 7) is 1.55. The zero-order valence-corrected chi connectivity index (χ0v) is 16.1. The number of amides is 1. The fourth-order valence-electron chi connectivity index (χ4n) is 3.74. The van der Waals surface area contributed by atoms with E-state index < -0.39 is 5.92 Å². The number of hydrogen-bond donors (Lipinski definition) is 0. The third-order valence-corrected chi connectivity index (χ3v) is 5.28. The lowest BCUT2D eigenvalue weighted by atomic mass is 9.90. The monoisotopic (exact) mass is 390 g/mol. The highest BCUT2D eigenvalue weighted by atomic mass is 19.1.